The molecule has 2 aromatic rings. The molecule has 8 heteroatoms. The standard InChI is InChI=1S/C27H37N3O4S/c1-20-16-21(2)18-25(17-20)30(35(4,33)34)19-26(31)29(15-14-23-10-6-5-7-11-23)22(3)27(32)28-24-12-8-9-13-24/h5-7,10-11,16-18,22,24H,8-9,12-15,19H2,1-4H3,(H,28,32)/t22-/m1/s1. The Balaban J connectivity index is 1.84. The first-order valence-electron chi connectivity index (χ1n) is 12.2. The number of rotatable bonds is 10. The van der Waals surface area contributed by atoms with Gasteiger partial charge in [-0.15, -0.1) is 0 Å². The van der Waals surface area contributed by atoms with E-state index in [4.69, 9.17) is 0 Å². The lowest BCUT2D eigenvalue weighted by Crippen LogP contribution is -2.53. The molecule has 1 saturated carbocycles. The fourth-order valence-corrected chi connectivity index (χ4v) is 5.50. The molecule has 1 aliphatic rings. The fourth-order valence-electron chi connectivity index (χ4n) is 4.67. The number of aryl methyl sites for hydroxylation is 2. The molecule has 1 fully saturated rings. The molecule has 0 aliphatic heterocycles. The van der Waals surface area contributed by atoms with Crippen LogP contribution in [0.1, 0.15) is 49.3 Å². The van der Waals surface area contributed by atoms with Crippen LogP contribution < -0.4 is 9.62 Å². The van der Waals surface area contributed by atoms with Crippen LogP contribution in [0.5, 0.6) is 0 Å². The summed E-state index contributed by atoms with van der Waals surface area (Å²) < 4.78 is 26.5. The van der Waals surface area contributed by atoms with Crippen molar-refractivity contribution in [2.45, 2.75) is 65.0 Å². The van der Waals surface area contributed by atoms with Gasteiger partial charge in [-0.1, -0.05) is 49.2 Å². The number of anilines is 1. The van der Waals surface area contributed by atoms with Crippen molar-refractivity contribution in [2.24, 2.45) is 0 Å². The van der Waals surface area contributed by atoms with Gasteiger partial charge in [0.2, 0.25) is 21.8 Å². The smallest absolute Gasteiger partial charge is 0.244 e. The molecule has 0 saturated heterocycles. The van der Waals surface area contributed by atoms with Crippen LogP contribution in [-0.4, -0.2) is 56.6 Å². The van der Waals surface area contributed by atoms with Crippen LogP contribution in [-0.2, 0) is 26.0 Å². The van der Waals surface area contributed by atoms with E-state index in [0.29, 0.717) is 18.7 Å². The van der Waals surface area contributed by atoms with Gasteiger partial charge < -0.3 is 10.2 Å². The lowest BCUT2D eigenvalue weighted by Gasteiger charge is -2.32. The summed E-state index contributed by atoms with van der Waals surface area (Å²) in [6.45, 7) is 5.44. The average Bonchev–Trinajstić information content (AvgIpc) is 3.29. The zero-order valence-electron chi connectivity index (χ0n) is 21.2. The zero-order valence-corrected chi connectivity index (χ0v) is 22.0. The molecule has 1 N–H and O–H groups in total. The van der Waals surface area contributed by atoms with Crippen LogP contribution in [0.25, 0.3) is 0 Å². The first-order valence-corrected chi connectivity index (χ1v) is 14.1. The quantitative estimate of drug-likeness (QED) is 0.541. The third-order valence-electron chi connectivity index (χ3n) is 6.53. The predicted molar refractivity (Wildman–Crippen MR) is 140 cm³/mol. The maximum Gasteiger partial charge on any atom is 0.244 e. The van der Waals surface area contributed by atoms with E-state index in [-0.39, 0.29) is 18.5 Å². The highest BCUT2D eigenvalue weighted by molar-refractivity contribution is 7.92. The Morgan fingerprint density at radius 3 is 2.20 bits per heavy atom. The highest BCUT2D eigenvalue weighted by Gasteiger charge is 2.31. The molecule has 2 aromatic carbocycles. The van der Waals surface area contributed by atoms with Gasteiger partial charge in [-0.25, -0.2) is 8.42 Å². The topological polar surface area (TPSA) is 86.8 Å². The molecule has 0 aromatic heterocycles. The molecule has 7 nitrogen and oxygen atoms in total. The predicted octanol–water partition coefficient (Wildman–Crippen LogP) is 3.59. The van der Waals surface area contributed by atoms with E-state index in [2.05, 4.69) is 5.32 Å². The van der Waals surface area contributed by atoms with Crippen molar-refractivity contribution in [3.63, 3.8) is 0 Å². The normalized spacial score (nSPS) is 15.0. The molecule has 0 bridgehead atoms. The molecule has 0 spiro atoms. The van der Waals surface area contributed by atoms with E-state index in [1.165, 1.54) is 4.90 Å². The molecule has 0 unspecified atom stereocenters. The van der Waals surface area contributed by atoms with Crippen LogP contribution in [0, 0.1) is 13.8 Å². The van der Waals surface area contributed by atoms with Crippen molar-refractivity contribution >= 4 is 27.5 Å². The van der Waals surface area contributed by atoms with Gasteiger partial charge in [0.1, 0.15) is 12.6 Å². The van der Waals surface area contributed by atoms with Gasteiger partial charge in [0, 0.05) is 12.6 Å². The van der Waals surface area contributed by atoms with E-state index >= 15 is 0 Å². The van der Waals surface area contributed by atoms with Crippen molar-refractivity contribution < 1.29 is 18.0 Å². The molecule has 2 amide bonds. The van der Waals surface area contributed by atoms with Crippen LogP contribution in [0.3, 0.4) is 0 Å². The molecular weight excluding hydrogens is 462 g/mol. The summed E-state index contributed by atoms with van der Waals surface area (Å²) in [7, 11) is -3.73. The SMILES string of the molecule is Cc1cc(C)cc(N(CC(=O)N(CCc2ccccc2)[C@H](C)C(=O)NC2CCCC2)S(C)(=O)=O)c1. The maximum absolute atomic E-state index is 13.6. The summed E-state index contributed by atoms with van der Waals surface area (Å²) >= 11 is 0. The van der Waals surface area contributed by atoms with E-state index in [9.17, 15) is 18.0 Å². The number of hydrogen-bond acceptors (Lipinski definition) is 4. The lowest BCUT2D eigenvalue weighted by atomic mass is 10.1. The molecule has 35 heavy (non-hydrogen) atoms. The molecule has 1 atom stereocenters. The first kappa shape index (κ1) is 26.7. The number of sulfonamides is 1. The highest BCUT2D eigenvalue weighted by atomic mass is 32.2. The Morgan fingerprint density at radius 1 is 1.03 bits per heavy atom. The minimum Gasteiger partial charge on any atom is -0.352 e. The van der Waals surface area contributed by atoms with E-state index in [1.54, 1.807) is 19.1 Å². The fraction of sp³-hybridized carbons (Fsp3) is 0.481. The number of nitrogens with zero attached hydrogens (tertiary/aromatic N) is 2. The summed E-state index contributed by atoms with van der Waals surface area (Å²) in [5, 5.41) is 3.08. The van der Waals surface area contributed by atoms with Gasteiger partial charge in [0.25, 0.3) is 0 Å². The third kappa shape index (κ3) is 7.56. The van der Waals surface area contributed by atoms with Gasteiger partial charge >= 0.3 is 0 Å². The van der Waals surface area contributed by atoms with E-state index < -0.39 is 22.0 Å². The lowest BCUT2D eigenvalue weighted by molar-refractivity contribution is -0.139. The van der Waals surface area contributed by atoms with Crippen LogP contribution >= 0.6 is 0 Å². The van der Waals surface area contributed by atoms with Gasteiger partial charge in [-0.2, -0.15) is 0 Å². The van der Waals surface area contributed by atoms with Crippen LogP contribution in [0.4, 0.5) is 5.69 Å². The summed E-state index contributed by atoms with van der Waals surface area (Å²) in [6, 6.07) is 14.6. The maximum atomic E-state index is 13.6. The van der Waals surface area contributed by atoms with Crippen LogP contribution in [0.2, 0.25) is 0 Å². The Morgan fingerprint density at radius 2 is 1.63 bits per heavy atom. The largest absolute Gasteiger partial charge is 0.352 e. The summed E-state index contributed by atoms with van der Waals surface area (Å²) in [5.41, 5.74) is 3.31. The first-order chi connectivity index (χ1) is 16.5. The minimum atomic E-state index is -3.73. The summed E-state index contributed by atoms with van der Waals surface area (Å²) in [5.74, 6) is -0.602. The number of hydrogen-bond donors (Lipinski definition) is 1. The van der Waals surface area contributed by atoms with Crippen molar-refractivity contribution in [1.29, 1.82) is 0 Å². The second-order valence-electron chi connectivity index (χ2n) is 9.60. The van der Waals surface area contributed by atoms with Crippen molar-refractivity contribution in [1.82, 2.24) is 10.2 Å². The minimum absolute atomic E-state index is 0.138. The average molecular weight is 500 g/mol. The van der Waals surface area contributed by atoms with Crippen molar-refractivity contribution in [3.05, 3.63) is 65.2 Å². The Labute approximate surface area is 209 Å². The van der Waals surface area contributed by atoms with Crippen molar-refractivity contribution in [2.75, 3.05) is 23.7 Å². The van der Waals surface area contributed by atoms with E-state index in [0.717, 1.165) is 52.9 Å². The summed E-state index contributed by atoms with van der Waals surface area (Å²) in [6.07, 6.45) is 5.75. The van der Waals surface area contributed by atoms with Gasteiger partial charge in [-0.3, -0.25) is 13.9 Å². The highest BCUT2D eigenvalue weighted by Crippen LogP contribution is 2.22. The molecule has 1 aliphatic carbocycles. The van der Waals surface area contributed by atoms with Crippen LogP contribution in [0.15, 0.2) is 48.5 Å². The molecule has 0 radical (unpaired) electrons. The number of carbonyl (C=O) groups is 2. The molecule has 0 heterocycles. The number of nitrogens with one attached hydrogen (secondary N) is 1. The number of amides is 2. The van der Waals surface area contributed by atoms with Gasteiger partial charge in [0.05, 0.1) is 11.9 Å². The molecule has 190 valence electrons. The monoisotopic (exact) mass is 499 g/mol. The van der Waals surface area contributed by atoms with Gasteiger partial charge in [-0.05, 0) is 68.9 Å². The Hall–Kier alpha value is -2.87. The Kier molecular flexibility index (Phi) is 8.94. The van der Waals surface area contributed by atoms with E-state index in [1.807, 2.05) is 50.2 Å². The van der Waals surface area contributed by atoms with Gasteiger partial charge in [0.15, 0.2) is 0 Å². The number of carbonyl (C=O) groups excluding carboxylic acids is 2. The number of benzene rings is 2. The Bertz CT molecular complexity index is 1110. The zero-order chi connectivity index (χ0) is 25.6. The molecular formula is C27H37N3O4S. The molecule has 3 rings (SSSR count). The summed E-state index contributed by atoms with van der Waals surface area (Å²) in [4.78, 5) is 28.2. The van der Waals surface area contributed by atoms with Crippen molar-refractivity contribution in [3.8, 4) is 0 Å². The third-order valence-corrected chi connectivity index (χ3v) is 7.67. The second-order valence-corrected chi connectivity index (χ2v) is 11.5. The second kappa shape index (κ2) is 11.7.